The number of nitrogens with zero attached hydrogens (tertiary/aromatic N) is 1. The lowest BCUT2D eigenvalue weighted by Gasteiger charge is -2.29. The Hall–Kier alpha value is -1.69. The van der Waals surface area contributed by atoms with Crippen molar-refractivity contribution in [3.05, 3.63) is 71.3 Å². The van der Waals surface area contributed by atoms with Crippen LogP contribution in [0, 0.1) is 6.92 Å². The van der Waals surface area contributed by atoms with Gasteiger partial charge in [-0.3, -0.25) is 0 Å². The second-order valence-corrected chi connectivity index (χ2v) is 8.25. The van der Waals surface area contributed by atoms with Gasteiger partial charge in [0.05, 0.1) is 25.0 Å². The maximum Gasteiger partial charge on any atom is 0.217 e. The number of hydrogen-bond donors (Lipinski definition) is 0. The Kier molecular flexibility index (Phi) is 5.33. The predicted octanol–water partition coefficient (Wildman–Crippen LogP) is 2.77. The molecule has 1 aliphatic heterocycles. The fourth-order valence-corrected chi connectivity index (χ4v) is 4.53. The van der Waals surface area contributed by atoms with Crippen LogP contribution in [-0.2, 0) is 27.7 Å². The van der Waals surface area contributed by atoms with Crippen molar-refractivity contribution in [1.82, 2.24) is 4.31 Å². The summed E-state index contributed by atoms with van der Waals surface area (Å²) in [6.45, 7) is 3.11. The SMILES string of the molecule is Cc1ccccc1CN1[C@@H](Cc2ccccc2)COCCS1(=O)=O. The Morgan fingerprint density at radius 2 is 1.79 bits per heavy atom. The van der Waals surface area contributed by atoms with E-state index in [1.807, 2.05) is 61.5 Å². The molecule has 0 N–H and O–H groups in total. The minimum atomic E-state index is -3.34. The highest BCUT2D eigenvalue weighted by atomic mass is 32.2. The van der Waals surface area contributed by atoms with Crippen molar-refractivity contribution in [2.75, 3.05) is 19.0 Å². The molecule has 128 valence electrons. The number of hydrogen-bond acceptors (Lipinski definition) is 3. The lowest BCUT2D eigenvalue weighted by molar-refractivity contribution is 0.109. The van der Waals surface area contributed by atoms with Gasteiger partial charge in [0.2, 0.25) is 10.0 Å². The summed E-state index contributed by atoms with van der Waals surface area (Å²) in [5.74, 6) is 0.0458. The molecule has 0 amide bonds. The quantitative estimate of drug-likeness (QED) is 0.856. The Morgan fingerprint density at radius 3 is 2.54 bits per heavy atom. The normalized spacial score (nSPS) is 21.3. The van der Waals surface area contributed by atoms with Crippen molar-refractivity contribution in [2.24, 2.45) is 0 Å². The van der Waals surface area contributed by atoms with E-state index in [1.165, 1.54) is 0 Å². The van der Waals surface area contributed by atoms with E-state index in [-0.39, 0.29) is 18.4 Å². The van der Waals surface area contributed by atoms with Crippen LogP contribution in [0.5, 0.6) is 0 Å². The molecule has 0 saturated carbocycles. The number of ether oxygens (including phenoxy) is 1. The van der Waals surface area contributed by atoms with E-state index in [4.69, 9.17) is 4.74 Å². The number of aryl methyl sites for hydroxylation is 1. The van der Waals surface area contributed by atoms with Crippen molar-refractivity contribution >= 4 is 10.0 Å². The molecule has 1 saturated heterocycles. The van der Waals surface area contributed by atoms with Crippen LogP contribution in [-0.4, -0.2) is 37.7 Å². The van der Waals surface area contributed by atoms with Gasteiger partial charge in [0.1, 0.15) is 0 Å². The summed E-state index contributed by atoms with van der Waals surface area (Å²) >= 11 is 0. The highest BCUT2D eigenvalue weighted by molar-refractivity contribution is 7.89. The molecule has 0 spiro atoms. The molecular formula is C19H23NO3S. The summed E-state index contributed by atoms with van der Waals surface area (Å²) in [4.78, 5) is 0. The van der Waals surface area contributed by atoms with E-state index < -0.39 is 10.0 Å². The maximum atomic E-state index is 12.8. The molecule has 0 aliphatic carbocycles. The van der Waals surface area contributed by atoms with Crippen molar-refractivity contribution in [3.8, 4) is 0 Å². The van der Waals surface area contributed by atoms with E-state index in [9.17, 15) is 8.42 Å². The van der Waals surface area contributed by atoms with Crippen molar-refractivity contribution in [3.63, 3.8) is 0 Å². The molecule has 3 rings (SSSR count). The van der Waals surface area contributed by atoms with Gasteiger partial charge in [0.25, 0.3) is 0 Å². The molecular weight excluding hydrogens is 322 g/mol. The van der Waals surface area contributed by atoms with Gasteiger partial charge in [-0.1, -0.05) is 54.6 Å². The highest BCUT2D eigenvalue weighted by Gasteiger charge is 2.33. The first-order valence-corrected chi connectivity index (χ1v) is 9.83. The van der Waals surface area contributed by atoms with Crippen molar-refractivity contribution in [2.45, 2.75) is 25.9 Å². The van der Waals surface area contributed by atoms with Crippen LogP contribution in [0.4, 0.5) is 0 Å². The van der Waals surface area contributed by atoms with Crippen LogP contribution in [0.3, 0.4) is 0 Å². The Balaban J connectivity index is 1.90. The molecule has 1 fully saturated rings. The molecule has 2 aromatic rings. The second kappa shape index (κ2) is 7.47. The average Bonchev–Trinajstić information content (AvgIpc) is 2.70. The van der Waals surface area contributed by atoms with E-state index >= 15 is 0 Å². The molecule has 1 aliphatic rings. The molecule has 1 atom stereocenters. The van der Waals surface area contributed by atoms with Gasteiger partial charge in [-0.05, 0) is 30.0 Å². The topological polar surface area (TPSA) is 46.6 Å². The summed E-state index contributed by atoms with van der Waals surface area (Å²) in [7, 11) is -3.34. The molecule has 2 aromatic carbocycles. The second-order valence-electron chi connectivity index (χ2n) is 6.21. The van der Waals surface area contributed by atoms with E-state index in [2.05, 4.69) is 0 Å². The molecule has 4 nitrogen and oxygen atoms in total. The molecule has 0 aromatic heterocycles. The third kappa shape index (κ3) is 4.04. The van der Waals surface area contributed by atoms with Crippen LogP contribution >= 0.6 is 0 Å². The maximum absolute atomic E-state index is 12.8. The fourth-order valence-electron chi connectivity index (χ4n) is 3.04. The summed E-state index contributed by atoms with van der Waals surface area (Å²) in [6, 6.07) is 17.7. The minimum absolute atomic E-state index is 0.0458. The van der Waals surface area contributed by atoms with E-state index in [0.29, 0.717) is 19.6 Å². The monoisotopic (exact) mass is 345 g/mol. The van der Waals surface area contributed by atoms with Crippen LogP contribution < -0.4 is 0 Å². The zero-order chi connectivity index (χ0) is 17.0. The van der Waals surface area contributed by atoms with Gasteiger partial charge in [-0.25, -0.2) is 8.42 Å². The summed E-state index contributed by atoms with van der Waals surface area (Å²) in [6.07, 6.45) is 0.659. The zero-order valence-corrected chi connectivity index (χ0v) is 14.7. The summed E-state index contributed by atoms with van der Waals surface area (Å²) in [5, 5.41) is 0. The van der Waals surface area contributed by atoms with Gasteiger partial charge in [0.15, 0.2) is 0 Å². The van der Waals surface area contributed by atoms with Crippen molar-refractivity contribution in [1.29, 1.82) is 0 Å². The zero-order valence-electron chi connectivity index (χ0n) is 13.9. The van der Waals surface area contributed by atoms with Gasteiger partial charge in [-0.15, -0.1) is 0 Å². The molecule has 0 unspecified atom stereocenters. The lowest BCUT2D eigenvalue weighted by atomic mass is 10.0. The molecule has 1 heterocycles. The smallest absolute Gasteiger partial charge is 0.217 e. The third-order valence-corrected chi connectivity index (χ3v) is 6.29. The number of benzene rings is 2. The minimum Gasteiger partial charge on any atom is -0.379 e. The van der Waals surface area contributed by atoms with E-state index in [0.717, 1.165) is 16.7 Å². The summed E-state index contributed by atoms with van der Waals surface area (Å²) in [5.41, 5.74) is 3.27. The Morgan fingerprint density at radius 1 is 1.08 bits per heavy atom. The van der Waals surface area contributed by atoms with Gasteiger partial charge >= 0.3 is 0 Å². The van der Waals surface area contributed by atoms with Gasteiger partial charge in [-0.2, -0.15) is 4.31 Å². The Bertz CT molecular complexity index is 774. The van der Waals surface area contributed by atoms with E-state index in [1.54, 1.807) is 4.31 Å². The van der Waals surface area contributed by atoms with Crippen LogP contribution in [0.15, 0.2) is 54.6 Å². The van der Waals surface area contributed by atoms with Crippen molar-refractivity contribution < 1.29 is 13.2 Å². The first-order valence-electron chi connectivity index (χ1n) is 8.22. The molecule has 0 bridgehead atoms. The fraction of sp³-hybridized carbons (Fsp3) is 0.368. The highest BCUT2D eigenvalue weighted by Crippen LogP contribution is 2.21. The molecule has 5 heteroatoms. The largest absolute Gasteiger partial charge is 0.379 e. The van der Waals surface area contributed by atoms with Gasteiger partial charge < -0.3 is 4.74 Å². The third-order valence-electron chi connectivity index (χ3n) is 4.46. The number of rotatable bonds is 4. The molecule has 0 radical (unpaired) electrons. The van der Waals surface area contributed by atoms with Crippen LogP contribution in [0.1, 0.15) is 16.7 Å². The van der Waals surface area contributed by atoms with Crippen LogP contribution in [0.25, 0.3) is 0 Å². The first kappa shape index (κ1) is 17.1. The predicted molar refractivity (Wildman–Crippen MR) is 95.3 cm³/mol. The first-order chi connectivity index (χ1) is 11.6. The average molecular weight is 345 g/mol. The molecule has 24 heavy (non-hydrogen) atoms. The number of sulfonamides is 1. The summed E-state index contributed by atoms with van der Waals surface area (Å²) < 4.78 is 32.8. The van der Waals surface area contributed by atoms with Crippen LogP contribution in [0.2, 0.25) is 0 Å². The Labute approximate surface area is 144 Å². The van der Waals surface area contributed by atoms with Gasteiger partial charge in [0, 0.05) is 6.54 Å². The lowest BCUT2D eigenvalue weighted by Crippen LogP contribution is -2.42. The standard InChI is InChI=1S/C19H23NO3S/c1-16-7-5-6-10-18(16)14-20-19(13-17-8-3-2-4-9-17)15-23-11-12-24(20,21)22/h2-10,19H,11-15H2,1H3/t19-/m0/s1.